The molecule has 1 aliphatic heterocycles. The number of hydrogen-bond donors (Lipinski definition) is 1. The van der Waals surface area contributed by atoms with Crippen molar-refractivity contribution in [3.8, 4) is 0 Å². The summed E-state index contributed by atoms with van der Waals surface area (Å²) in [6.45, 7) is 4.14. The lowest BCUT2D eigenvalue weighted by Gasteiger charge is -2.39. The number of benzene rings is 1. The van der Waals surface area contributed by atoms with Crippen LogP contribution in [0.1, 0.15) is 28.7 Å². The minimum atomic E-state index is -0.292. The summed E-state index contributed by atoms with van der Waals surface area (Å²) in [5, 5.41) is 9.18. The van der Waals surface area contributed by atoms with Crippen LogP contribution in [0.15, 0.2) is 42.5 Å². The molecule has 1 N–H and O–H groups in total. The number of aryl methyl sites for hydroxylation is 1. The second-order valence-electron chi connectivity index (χ2n) is 6.29. The van der Waals surface area contributed by atoms with E-state index in [0.717, 1.165) is 11.3 Å². The van der Waals surface area contributed by atoms with Crippen LogP contribution in [0.4, 0.5) is 5.69 Å². The zero-order chi connectivity index (χ0) is 18.0. The van der Waals surface area contributed by atoms with Crippen molar-refractivity contribution in [1.29, 1.82) is 0 Å². The average Bonchev–Trinajstić information content (AvgIpc) is 2.63. The molecule has 1 aromatic heterocycles. The molecule has 2 amide bonds. The number of aliphatic hydroxyl groups excluding tert-OH is 1. The molecule has 1 atom stereocenters. The van der Waals surface area contributed by atoms with Crippen molar-refractivity contribution >= 4 is 17.5 Å². The van der Waals surface area contributed by atoms with Gasteiger partial charge in [-0.1, -0.05) is 23.8 Å². The normalized spacial score (nSPS) is 17.7. The lowest BCUT2D eigenvalue weighted by atomic mass is 10.1. The van der Waals surface area contributed by atoms with Crippen LogP contribution in [0.2, 0.25) is 0 Å². The number of piperazine rings is 1. The minimum Gasteiger partial charge on any atom is -0.390 e. The third-order valence-corrected chi connectivity index (χ3v) is 4.38. The molecule has 0 aliphatic carbocycles. The van der Waals surface area contributed by atoms with Crippen molar-refractivity contribution in [1.82, 2.24) is 9.88 Å². The monoisotopic (exact) mass is 339 g/mol. The van der Waals surface area contributed by atoms with Crippen LogP contribution in [0.5, 0.6) is 0 Å². The van der Waals surface area contributed by atoms with Crippen molar-refractivity contribution in [2.75, 3.05) is 18.0 Å². The maximum absolute atomic E-state index is 12.7. The molecule has 2 aromatic rings. The van der Waals surface area contributed by atoms with Crippen LogP contribution in [-0.2, 0) is 11.4 Å². The van der Waals surface area contributed by atoms with Gasteiger partial charge in [-0.15, -0.1) is 0 Å². The summed E-state index contributed by atoms with van der Waals surface area (Å²) >= 11 is 0. The number of aromatic nitrogens is 1. The van der Waals surface area contributed by atoms with Gasteiger partial charge < -0.3 is 14.9 Å². The number of anilines is 1. The molecule has 25 heavy (non-hydrogen) atoms. The standard InChI is InChI=1S/C19H21N3O3/c1-13-6-8-16(9-7-13)22-10-14(2)21(11-18(22)24)19(25)17-5-3-4-15(12-23)20-17/h3-9,14,23H,10-12H2,1-2H3/t14-/m1/s1. The highest BCUT2D eigenvalue weighted by Gasteiger charge is 2.34. The van der Waals surface area contributed by atoms with Gasteiger partial charge in [-0.25, -0.2) is 4.98 Å². The molecule has 1 fully saturated rings. The van der Waals surface area contributed by atoms with Crippen LogP contribution < -0.4 is 4.90 Å². The van der Waals surface area contributed by atoms with Crippen LogP contribution >= 0.6 is 0 Å². The molecule has 6 heteroatoms. The maximum Gasteiger partial charge on any atom is 0.273 e. The van der Waals surface area contributed by atoms with Gasteiger partial charge in [-0.3, -0.25) is 9.59 Å². The first kappa shape index (κ1) is 17.1. The fourth-order valence-corrected chi connectivity index (χ4v) is 2.93. The van der Waals surface area contributed by atoms with Gasteiger partial charge >= 0.3 is 0 Å². The average molecular weight is 339 g/mol. The number of carbonyl (C=O) groups is 2. The molecule has 6 nitrogen and oxygen atoms in total. The summed E-state index contributed by atoms with van der Waals surface area (Å²) in [6, 6.07) is 12.6. The van der Waals surface area contributed by atoms with Gasteiger partial charge in [0.1, 0.15) is 12.2 Å². The zero-order valence-corrected chi connectivity index (χ0v) is 14.3. The first-order chi connectivity index (χ1) is 12.0. The molecule has 3 rings (SSSR count). The molecule has 0 radical (unpaired) electrons. The van der Waals surface area contributed by atoms with Crippen molar-refractivity contribution in [3.05, 3.63) is 59.4 Å². The molecular weight excluding hydrogens is 318 g/mol. The van der Waals surface area contributed by atoms with Crippen molar-refractivity contribution in [2.45, 2.75) is 26.5 Å². The predicted octanol–water partition coefficient (Wildman–Crippen LogP) is 1.76. The third-order valence-electron chi connectivity index (χ3n) is 4.38. The Bertz CT molecular complexity index is 789. The van der Waals surface area contributed by atoms with Gasteiger partial charge in [0, 0.05) is 18.3 Å². The Morgan fingerprint density at radius 1 is 1.24 bits per heavy atom. The van der Waals surface area contributed by atoms with Gasteiger partial charge in [0.05, 0.1) is 12.3 Å². The highest BCUT2D eigenvalue weighted by Crippen LogP contribution is 2.21. The molecule has 0 unspecified atom stereocenters. The van der Waals surface area contributed by atoms with E-state index in [4.69, 9.17) is 0 Å². The maximum atomic E-state index is 12.7. The molecule has 0 bridgehead atoms. The summed E-state index contributed by atoms with van der Waals surface area (Å²) < 4.78 is 0. The Morgan fingerprint density at radius 3 is 2.64 bits per heavy atom. The summed E-state index contributed by atoms with van der Waals surface area (Å²) in [4.78, 5) is 32.7. The molecule has 1 aromatic carbocycles. The van der Waals surface area contributed by atoms with Crippen LogP contribution in [0, 0.1) is 6.92 Å². The molecular formula is C19H21N3O3. The van der Waals surface area contributed by atoms with Crippen molar-refractivity contribution in [2.24, 2.45) is 0 Å². The van der Waals surface area contributed by atoms with E-state index >= 15 is 0 Å². The summed E-state index contributed by atoms with van der Waals surface area (Å²) in [6.07, 6.45) is 0. The molecule has 1 aliphatic rings. The number of carbonyl (C=O) groups excluding carboxylic acids is 2. The van der Waals surface area contributed by atoms with Gasteiger partial charge in [0.15, 0.2) is 0 Å². The van der Waals surface area contributed by atoms with Gasteiger partial charge in [0.2, 0.25) is 5.91 Å². The Hall–Kier alpha value is -2.73. The number of hydrogen-bond acceptors (Lipinski definition) is 4. The van der Waals surface area contributed by atoms with Crippen LogP contribution in [0.25, 0.3) is 0 Å². The Morgan fingerprint density at radius 2 is 1.96 bits per heavy atom. The van der Waals surface area contributed by atoms with Crippen LogP contribution in [-0.4, -0.2) is 45.9 Å². The summed E-state index contributed by atoms with van der Waals surface area (Å²) in [5.41, 5.74) is 2.65. The van der Waals surface area contributed by atoms with E-state index in [1.165, 1.54) is 4.90 Å². The second kappa shape index (κ2) is 7.03. The van der Waals surface area contributed by atoms with Gasteiger partial charge in [0.25, 0.3) is 5.91 Å². The van der Waals surface area contributed by atoms with E-state index in [0.29, 0.717) is 12.2 Å². The Kier molecular flexibility index (Phi) is 4.81. The van der Waals surface area contributed by atoms with Crippen LogP contribution in [0.3, 0.4) is 0 Å². The van der Waals surface area contributed by atoms with E-state index in [2.05, 4.69) is 4.98 Å². The largest absolute Gasteiger partial charge is 0.390 e. The summed E-state index contributed by atoms with van der Waals surface area (Å²) in [5.74, 6) is -0.409. The smallest absolute Gasteiger partial charge is 0.273 e. The predicted molar refractivity (Wildman–Crippen MR) is 94.2 cm³/mol. The lowest BCUT2D eigenvalue weighted by molar-refractivity contribution is -0.121. The van der Waals surface area contributed by atoms with E-state index < -0.39 is 0 Å². The lowest BCUT2D eigenvalue weighted by Crippen LogP contribution is -2.57. The number of pyridine rings is 1. The first-order valence-corrected chi connectivity index (χ1v) is 8.24. The Balaban J connectivity index is 1.78. The van der Waals surface area contributed by atoms with Gasteiger partial charge in [-0.05, 0) is 38.1 Å². The minimum absolute atomic E-state index is 0.0128. The van der Waals surface area contributed by atoms with E-state index in [-0.39, 0.29) is 36.7 Å². The van der Waals surface area contributed by atoms with E-state index in [1.807, 2.05) is 38.1 Å². The van der Waals surface area contributed by atoms with Gasteiger partial charge in [-0.2, -0.15) is 0 Å². The quantitative estimate of drug-likeness (QED) is 0.925. The number of amides is 2. The van der Waals surface area contributed by atoms with E-state index in [1.54, 1.807) is 23.1 Å². The molecule has 0 saturated carbocycles. The fraction of sp³-hybridized carbons (Fsp3) is 0.316. The summed E-state index contributed by atoms with van der Waals surface area (Å²) in [7, 11) is 0. The molecule has 2 heterocycles. The number of aliphatic hydroxyl groups is 1. The molecule has 130 valence electrons. The number of rotatable bonds is 3. The fourth-order valence-electron chi connectivity index (χ4n) is 2.93. The SMILES string of the molecule is Cc1ccc(N2C[C@@H](C)N(C(=O)c3cccc(CO)n3)CC2=O)cc1. The molecule has 0 spiro atoms. The topological polar surface area (TPSA) is 73.7 Å². The highest BCUT2D eigenvalue weighted by molar-refractivity contribution is 6.01. The second-order valence-corrected chi connectivity index (χ2v) is 6.29. The third kappa shape index (κ3) is 3.53. The molecule has 1 saturated heterocycles. The highest BCUT2D eigenvalue weighted by atomic mass is 16.3. The van der Waals surface area contributed by atoms with Crippen molar-refractivity contribution < 1.29 is 14.7 Å². The zero-order valence-electron chi connectivity index (χ0n) is 14.3. The number of nitrogens with zero attached hydrogens (tertiary/aromatic N) is 3. The first-order valence-electron chi connectivity index (χ1n) is 8.24. The van der Waals surface area contributed by atoms with Crippen molar-refractivity contribution in [3.63, 3.8) is 0 Å². The van der Waals surface area contributed by atoms with E-state index in [9.17, 15) is 14.7 Å². The Labute approximate surface area is 146 Å².